The second-order valence-corrected chi connectivity index (χ2v) is 5.53. The monoisotopic (exact) mass is 238 g/mol. The molecule has 5 nitrogen and oxygen atoms in total. The third kappa shape index (κ3) is 3.04. The molecule has 1 aliphatic heterocycles. The van der Waals surface area contributed by atoms with Gasteiger partial charge >= 0.3 is 0 Å². The maximum Gasteiger partial charge on any atom is 0.141 e. The molecule has 1 unspecified atom stereocenters. The van der Waals surface area contributed by atoms with Crippen molar-refractivity contribution in [2.45, 2.75) is 51.8 Å². The molecule has 0 saturated carbocycles. The predicted molar refractivity (Wildman–Crippen MR) is 65.5 cm³/mol. The van der Waals surface area contributed by atoms with Crippen molar-refractivity contribution < 1.29 is 5.11 Å². The lowest BCUT2D eigenvalue weighted by Crippen LogP contribution is -2.45. The molecule has 0 spiro atoms. The van der Waals surface area contributed by atoms with Gasteiger partial charge in [0.05, 0.1) is 12.1 Å². The second-order valence-electron chi connectivity index (χ2n) is 5.53. The van der Waals surface area contributed by atoms with E-state index in [2.05, 4.69) is 28.8 Å². The van der Waals surface area contributed by atoms with Crippen LogP contribution in [0.15, 0.2) is 6.33 Å². The van der Waals surface area contributed by atoms with Gasteiger partial charge in [-0.1, -0.05) is 0 Å². The minimum absolute atomic E-state index is 0.331. The lowest BCUT2D eigenvalue weighted by atomic mass is 9.95. The molecule has 0 bridgehead atoms. The van der Waals surface area contributed by atoms with E-state index in [0.717, 1.165) is 38.3 Å². The van der Waals surface area contributed by atoms with E-state index in [-0.39, 0.29) is 0 Å². The number of nitrogens with zero attached hydrogens (tertiary/aromatic N) is 4. The van der Waals surface area contributed by atoms with Crippen LogP contribution in [0.1, 0.15) is 45.5 Å². The molecule has 1 atom stereocenters. The Labute approximate surface area is 102 Å². The first-order valence-corrected chi connectivity index (χ1v) is 6.31. The van der Waals surface area contributed by atoms with Crippen LogP contribution in [0.3, 0.4) is 0 Å². The molecule has 0 radical (unpaired) electrons. The second kappa shape index (κ2) is 4.74. The zero-order valence-electron chi connectivity index (χ0n) is 10.9. The van der Waals surface area contributed by atoms with Crippen molar-refractivity contribution in [3.05, 3.63) is 12.2 Å². The van der Waals surface area contributed by atoms with E-state index in [1.165, 1.54) is 0 Å². The van der Waals surface area contributed by atoms with E-state index in [1.807, 2.05) is 11.6 Å². The Hall–Kier alpha value is -0.940. The van der Waals surface area contributed by atoms with Gasteiger partial charge in [-0.3, -0.25) is 4.90 Å². The SMILES string of the molecule is CC(C)n1ncnc1CN1CCCC(C)(O)C1. The summed E-state index contributed by atoms with van der Waals surface area (Å²) in [7, 11) is 0. The van der Waals surface area contributed by atoms with Gasteiger partial charge in [0, 0.05) is 12.6 Å². The van der Waals surface area contributed by atoms with Crippen molar-refractivity contribution in [1.29, 1.82) is 0 Å². The molecule has 1 fully saturated rings. The summed E-state index contributed by atoms with van der Waals surface area (Å²) in [6.07, 6.45) is 3.54. The van der Waals surface area contributed by atoms with E-state index >= 15 is 0 Å². The van der Waals surface area contributed by atoms with Crippen LogP contribution >= 0.6 is 0 Å². The minimum atomic E-state index is -0.555. The van der Waals surface area contributed by atoms with Crippen molar-refractivity contribution >= 4 is 0 Å². The number of piperidine rings is 1. The summed E-state index contributed by atoms with van der Waals surface area (Å²) >= 11 is 0. The Balaban J connectivity index is 2.03. The highest BCUT2D eigenvalue weighted by molar-refractivity contribution is 4.90. The molecule has 1 saturated heterocycles. The maximum absolute atomic E-state index is 10.1. The van der Waals surface area contributed by atoms with Gasteiger partial charge in [-0.2, -0.15) is 5.10 Å². The average molecular weight is 238 g/mol. The van der Waals surface area contributed by atoms with Crippen LogP contribution in [-0.2, 0) is 6.54 Å². The van der Waals surface area contributed by atoms with E-state index in [9.17, 15) is 5.11 Å². The van der Waals surface area contributed by atoms with Crippen molar-refractivity contribution in [3.8, 4) is 0 Å². The van der Waals surface area contributed by atoms with E-state index in [4.69, 9.17) is 0 Å². The zero-order valence-corrected chi connectivity index (χ0v) is 10.9. The number of aromatic nitrogens is 3. The van der Waals surface area contributed by atoms with E-state index < -0.39 is 5.60 Å². The first-order chi connectivity index (χ1) is 7.98. The first kappa shape index (κ1) is 12.5. The molecule has 96 valence electrons. The number of hydrogen-bond donors (Lipinski definition) is 1. The maximum atomic E-state index is 10.1. The largest absolute Gasteiger partial charge is 0.389 e. The number of likely N-dealkylation sites (tertiary alicyclic amines) is 1. The van der Waals surface area contributed by atoms with Gasteiger partial charge in [-0.05, 0) is 40.2 Å². The molecule has 17 heavy (non-hydrogen) atoms. The number of aliphatic hydroxyl groups is 1. The molecule has 1 N–H and O–H groups in total. The molecule has 1 aliphatic rings. The molecular formula is C12H22N4O. The molecule has 2 heterocycles. The fraction of sp³-hybridized carbons (Fsp3) is 0.833. The lowest BCUT2D eigenvalue weighted by Gasteiger charge is -2.36. The van der Waals surface area contributed by atoms with Gasteiger partial charge in [0.2, 0.25) is 0 Å². The topological polar surface area (TPSA) is 54.2 Å². The molecule has 0 aliphatic carbocycles. The third-order valence-electron chi connectivity index (χ3n) is 3.26. The molecule has 2 rings (SSSR count). The van der Waals surface area contributed by atoms with Crippen molar-refractivity contribution in [2.75, 3.05) is 13.1 Å². The molecule has 5 heteroatoms. The standard InChI is InChI=1S/C12H22N4O/c1-10(2)16-11(13-9-14-16)7-15-6-4-5-12(3,17)8-15/h9-10,17H,4-8H2,1-3H3. The smallest absolute Gasteiger partial charge is 0.141 e. The van der Waals surface area contributed by atoms with Gasteiger partial charge < -0.3 is 5.11 Å². The van der Waals surface area contributed by atoms with Crippen LogP contribution < -0.4 is 0 Å². The lowest BCUT2D eigenvalue weighted by molar-refractivity contribution is -0.0193. The van der Waals surface area contributed by atoms with Gasteiger partial charge in [-0.15, -0.1) is 0 Å². The van der Waals surface area contributed by atoms with Crippen molar-refractivity contribution in [3.63, 3.8) is 0 Å². The highest BCUT2D eigenvalue weighted by Gasteiger charge is 2.29. The van der Waals surface area contributed by atoms with Crippen LogP contribution in [0.4, 0.5) is 0 Å². The van der Waals surface area contributed by atoms with Gasteiger partial charge in [-0.25, -0.2) is 9.67 Å². The summed E-state index contributed by atoms with van der Waals surface area (Å²) in [5.41, 5.74) is -0.555. The van der Waals surface area contributed by atoms with E-state index in [0.29, 0.717) is 6.04 Å². The number of rotatable bonds is 3. The third-order valence-corrected chi connectivity index (χ3v) is 3.26. The number of hydrogen-bond acceptors (Lipinski definition) is 4. The van der Waals surface area contributed by atoms with E-state index in [1.54, 1.807) is 6.33 Å². The molecule has 1 aromatic heterocycles. The van der Waals surface area contributed by atoms with Gasteiger partial charge in [0.15, 0.2) is 0 Å². The fourth-order valence-electron chi connectivity index (χ4n) is 2.48. The normalized spacial score (nSPS) is 26.6. The fourth-order valence-corrected chi connectivity index (χ4v) is 2.48. The highest BCUT2D eigenvalue weighted by Crippen LogP contribution is 2.21. The first-order valence-electron chi connectivity index (χ1n) is 6.31. The molecule has 0 amide bonds. The van der Waals surface area contributed by atoms with Gasteiger partial charge in [0.25, 0.3) is 0 Å². The quantitative estimate of drug-likeness (QED) is 0.860. The minimum Gasteiger partial charge on any atom is -0.389 e. The Kier molecular flexibility index (Phi) is 3.49. The van der Waals surface area contributed by atoms with Crippen LogP contribution in [0, 0.1) is 0 Å². The Morgan fingerprint density at radius 3 is 2.94 bits per heavy atom. The van der Waals surface area contributed by atoms with Crippen LogP contribution in [-0.4, -0.2) is 43.5 Å². The summed E-state index contributed by atoms with van der Waals surface area (Å²) in [5.74, 6) is 0.984. The summed E-state index contributed by atoms with van der Waals surface area (Å²) < 4.78 is 1.95. The predicted octanol–water partition coefficient (Wildman–Crippen LogP) is 1.21. The van der Waals surface area contributed by atoms with Gasteiger partial charge in [0.1, 0.15) is 12.2 Å². The molecule has 1 aromatic rings. The zero-order chi connectivity index (χ0) is 12.5. The van der Waals surface area contributed by atoms with Crippen molar-refractivity contribution in [2.24, 2.45) is 0 Å². The Bertz CT molecular complexity index is 372. The van der Waals surface area contributed by atoms with Crippen LogP contribution in [0.2, 0.25) is 0 Å². The average Bonchev–Trinajstić information content (AvgIpc) is 2.64. The Morgan fingerprint density at radius 1 is 1.53 bits per heavy atom. The number of β-amino-alcohol motifs (C(OH)–C–C–N with tert-alkyl or cyclic N) is 1. The molecular weight excluding hydrogens is 216 g/mol. The summed E-state index contributed by atoms with van der Waals surface area (Å²) in [4.78, 5) is 6.56. The highest BCUT2D eigenvalue weighted by atomic mass is 16.3. The summed E-state index contributed by atoms with van der Waals surface area (Å²) in [6, 6.07) is 0.331. The summed E-state index contributed by atoms with van der Waals surface area (Å²) in [5, 5.41) is 14.3. The van der Waals surface area contributed by atoms with Crippen LogP contribution in [0.25, 0.3) is 0 Å². The Morgan fingerprint density at radius 2 is 2.29 bits per heavy atom. The summed E-state index contributed by atoms with van der Waals surface area (Å²) in [6.45, 7) is 8.63. The van der Waals surface area contributed by atoms with Crippen LogP contribution in [0.5, 0.6) is 0 Å². The molecule has 0 aromatic carbocycles. The van der Waals surface area contributed by atoms with Crippen molar-refractivity contribution in [1.82, 2.24) is 19.7 Å².